The molecular weight excluding hydrogens is 506 g/mol. The molecular formula is C26H33N7O6. The third kappa shape index (κ3) is 5.63. The van der Waals surface area contributed by atoms with Crippen LogP contribution >= 0.6 is 0 Å². The number of nitrogens with one attached hydrogen (secondary N) is 1. The molecule has 2 amide bonds. The van der Waals surface area contributed by atoms with Crippen molar-refractivity contribution in [2.75, 3.05) is 25.4 Å². The Balaban J connectivity index is 1.09. The standard InChI is InChI=1S/C26H33N7O6/c27-22-18-23(33(13-28-18)25-20(35)19(34)21(39-25)24(36)29-16-6-7-16)31-17(30-22)3-1-2-14-8-10-32(11-9-14)26(37)38-12-15-4-5-15/h13-16,19-21,25,34-35H,2,4-12H2,(H,29,36)(H2,27,30,31)/t19?,20-,21-,25+/m0/s1. The molecule has 13 nitrogen and oxygen atoms in total. The first-order valence-electron chi connectivity index (χ1n) is 13.6. The van der Waals surface area contributed by atoms with Crippen molar-refractivity contribution in [2.45, 2.75) is 75.5 Å². The molecule has 4 heterocycles. The molecule has 2 aliphatic heterocycles. The molecule has 4 fully saturated rings. The Morgan fingerprint density at radius 1 is 1.10 bits per heavy atom. The van der Waals surface area contributed by atoms with E-state index in [1.54, 1.807) is 4.90 Å². The van der Waals surface area contributed by atoms with Crippen molar-refractivity contribution < 1.29 is 29.3 Å². The van der Waals surface area contributed by atoms with Crippen LogP contribution in [0.3, 0.4) is 0 Å². The second kappa shape index (κ2) is 10.6. The summed E-state index contributed by atoms with van der Waals surface area (Å²) in [6.07, 6.45) is 2.47. The fourth-order valence-electron chi connectivity index (χ4n) is 4.96. The van der Waals surface area contributed by atoms with E-state index in [-0.39, 0.29) is 29.4 Å². The Bertz CT molecular complexity index is 1310. The van der Waals surface area contributed by atoms with Gasteiger partial charge in [-0.25, -0.2) is 19.7 Å². The molecule has 6 rings (SSSR count). The third-order valence-corrected chi connectivity index (χ3v) is 7.75. The Hall–Kier alpha value is -3.47. The maximum atomic E-state index is 12.5. The minimum atomic E-state index is -1.41. The topological polar surface area (TPSA) is 178 Å². The van der Waals surface area contributed by atoms with Gasteiger partial charge < -0.3 is 35.6 Å². The monoisotopic (exact) mass is 539 g/mol. The Morgan fingerprint density at radius 2 is 1.87 bits per heavy atom. The molecule has 2 saturated heterocycles. The van der Waals surface area contributed by atoms with E-state index < -0.39 is 30.4 Å². The number of likely N-dealkylation sites (tertiary alicyclic amines) is 1. The molecule has 4 aliphatic rings. The van der Waals surface area contributed by atoms with Gasteiger partial charge in [0, 0.05) is 25.6 Å². The minimum absolute atomic E-state index is 0.0910. The van der Waals surface area contributed by atoms with Crippen LogP contribution in [0.15, 0.2) is 6.33 Å². The fourth-order valence-corrected chi connectivity index (χ4v) is 4.96. The number of aliphatic hydroxyl groups is 2. The molecule has 2 aliphatic carbocycles. The molecule has 39 heavy (non-hydrogen) atoms. The Kier molecular flexibility index (Phi) is 7.01. The summed E-state index contributed by atoms with van der Waals surface area (Å²) in [6, 6.07) is 0.0910. The van der Waals surface area contributed by atoms with Gasteiger partial charge in [-0.3, -0.25) is 9.36 Å². The van der Waals surface area contributed by atoms with Crippen LogP contribution in [0.5, 0.6) is 0 Å². The number of nitrogens with two attached hydrogens (primary N) is 1. The highest BCUT2D eigenvalue weighted by Crippen LogP contribution is 2.33. The molecule has 2 aromatic heterocycles. The van der Waals surface area contributed by atoms with Gasteiger partial charge in [-0.1, -0.05) is 5.92 Å². The van der Waals surface area contributed by atoms with Crippen molar-refractivity contribution in [2.24, 2.45) is 11.8 Å². The van der Waals surface area contributed by atoms with Gasteiger partial charge in [0.05, 0.1) is 12.9 Å². The van der Waals surface area contributed by atoms with E-state index >= 15 is 0 Å². The first-order chi connectivity index (χ1) is 18.9. The van der Waals surface area contributed by atoms with Gasteiger partial charge >= 0.3 is 6.09 Å². The van der Waals surface area contributed by atoms with E-state index in [0.29, 0.717) is 43.5 Å². The van der Waals surface area contributed by atoms with E-state index in [9.17, 15) is 19.8 Å². The van der Waals surface area contributed by atoms with E-state index in [0.717, 1.165) is 38.5 Å². The van der Waals surface area contributed by atoms with Crippen molar-refractivity contribution in [3.05, 3.63) is 12.2 Å². The van der Waals surface area contributed by atoms with Gasteiger partial charge in [0.2, 0.25) is 5.82 Å². The summed E-state index contributed by atoms with van der Waals surface area (Å²) in [5, 5.41) is 23.9. The van der Waals surface area contributed by atoms with Crippen molar-refractivity contribution in [3.63, 3.8) is 0 Å². The number of fused-ring (bicyclic) bond motifs is 1. The number of piperidine rings is 1. The fraction of sp³-hybridized carbons (Fsp3) is 0.654. The number of anilines is 1. The summed E-state index contributed by atoms with van der Waals surface area (Å²) < 4.78 is 12.6. The van der Waals surface area contributed by atoms with Crippen LogP contribution in [0.1, 0.15) is 57.0 Å². The summed E-state index contributed by atoms with van der Waals surface area (Å²) in [5.41, 5.74) is 6.70. The first kappa shape index (κ1) is 25.8. The number of ether oxygens (including phenoxy) is 2. The van der Waals surface area contributed by atoms with Crippen LogP contribution in [0.25, 0.3) is 11.2 Å². The summed E-state index contributed by atoms with van der Waals surface area (Å²) >= 11 is 0. The van der Waals surface area contributed by atoms with E-state index in [1.807, 2.05) is 0 Å². The van der Waals surface area contributed by atoms with Crippen molar-refractivity contribution in [1.82, 2.24) is 29.7 Å². The van der Waals surface area contributed by atoms with Crippen molar-refractivity contribution >= 4 is 29.0 Å². The van der Waals surface area contributed by atoms with Gasteiger partial charge in [0.15, 0.2) is 23.8 Å². The molecule has 208 valence electrons. The summed E-state index contributed by atoms with van der Waals surface area (Å²) in [4.78, 5) is 39.4. The Labute approximate surface area is 225 Å². The zero-order valence-corrected chi connectivity index (χ0v) is 21.5. The summed E-state index contributed by atoms with van der Waals surface area (Å²) in [5.74, 6) is 6.85. The molecule has 2 aromatic rings. The smallest absolute Gasteiger partial charge is 0.409 e. The molecule has 13 heteroatoms. The quantitative estimate of drug-likeness (QED) is 0.373. The highest BCUT2D eigenvalue weighted by Gasteiger charge is 2.48. The molecule has 0 radical (unpaired) electrons. The van der Waals surface area contributed by atoms with Crippen LogP contribution in [0, 0.1) is 23.7 Å². The second-order valence-electron chi connectivity index (χ2n) is 10.9. The van der Waals surface area contributed by atoms with Crippen LogP contribution in [0.4, 0.5) is 10.6 Å². The zero-order chi connectivity index (χ0) is 27.1. The molecule has 0 spiro atoms. The highest BCUT2D eigenvalue weighted by molar-refractivity contribution is 5.83. The number of rotatable bonds is 6. The van der Waals surface area contributed by atoms with Crippen LogP contribution in [-0.2, 0) is 14.3 Å². The van der Waals surface area contributed by atoms with Gasteiger partial charge in [-0.05, 0) is 56.3 Å². The lowest BCUT2D eigenvalue weighted by molar-refractivity contribution is -0.137. The number of aliphatic hydroxyl groups excluding tert-OH is 2. The molecule has 2 saturated carbocycles. The number of nitrogen functional groups attached to an aromatic ring is 1. The minimum Gasteiger partial charge on any atom is -0.449 e. The lowest BCUT2D eigenvalue weighted by atomic mass is 9.94. The number of amides is 2. The first-order valence-corrected chi connectivity index (χ1v) is 13.6. The third-order valence-electron chi connectivity index (χ3n) is 7.75. The lowest BCUT2D eigenvalue weighted by Crippen LogP contribution is -2.43. The van der Waals surface area contributed by atoms with Gasteiger partial charge in [-0.15, -0.1) is 0 Å². The number of imidazole rings is 1. The second-order valence-corrected chi connectivity index (χ2v) is 10.9. The molecule has 0 bridgehead atoms. The maximum absolute atomic E-state index is 12.5. The highest BCUT2D eigenvalue weighted by atomic mass is 16.6. The van der Waals surface area contributed by atoms with Crippen LogP contribution < -0.4 is 11.1 Å². The van der Waals surface area contributed by atoms with E-state index in [2.05, 4.69) is 32.1 Å². The lowest BCUT2D eigenvalue weighted by Gasteiger charge is -2.30. The van der Waals surface area contributed by atoms with Crippen LogP contribution in [-0.4, -0.2) is 90.7 Å². The Morgan fingerprint density at radius 3 is 2.59 bits per heavy atom. The predicted octanol–water partition coefficient (Wildman–Crippen LogP) is 0.307. The number of carbonyl (C=O) groups excluding carboxylic acids is 2. The molecule has 4 atom stereocenters. The average molecular weight is 540 g/mol. The predicted molar refractivity (Wildman–Crippen MR) is 137 cm³/mol. The average Bonchev–Trinajstić information content (AvgIpc) is 3.86. The normalized spacial score (nSPS) is 27.3. The van der Waals surface area contributed by atoms with E-state index in [1.165, 1.54) is 10.9 Å². The molecule has 0 aromatic carbocycles. The zero-order valence-electron chi connectivity index (χ0n) is 21.5. The molecule has 1 unspecified atom stereocenters. The van der Waals surface area contributed by atoms with E-state index in [4.69, 9.17) is 15.2 Å². The molecule has 5 N–H and O–H groups in total. The van der Waals surface area contributed by atoms with Crippen molar-refractivity contribution in [1.29, 1.82) is 0 Å². The summed E-state index contributed by atoms with van der Waals surface area (Å²) in [6.45, 7) is 1.83. The SMILES string of the molecule is Nc1nc(C#CCC2CCN(C(=O)OCC3CC3)CC2)nc2c1ncn2[C@@H]1O[C@H](C(=O)NC2CC2)C(O)[C@@H]1O. The number of hydrogen-bond donors (Lipinski definition) is 4. The van der Waals surface area contributed by atoms with Gasteiger partial charge in [-0.2, -0.15) is 0 Å². The number of aromatic nitrogens is 4. The number of carbonyl (C=O) groups is 2. The largest absolute Gasteiger partial charge is 0.449 e. The summed E-state index contributed by atoms with van der Waals surface area (Å²) in [7, 11) is 0. The van der Waals surface area contributed by atoms with Crippen LogP contribution in [0.2, 0.25) is 0 Å². The van der Waals surface area contributed by atoms with Gasteiger partial charge in [0.25, 0.3) is 5.91 Å². The number of hydrogen-bond acceptors (Lipinski definition) is 10. The van der Waals surface area contributed by atoms with Crippen molar-refractivity contribution in [3.8, 4) is 11.8 Å². The maximum Gasteiger partial charge on any atom is 0.409 e. The number of nitrogens with zero attached hydrogens (tertiary/aromatic N) is 5. The van der Waals surface area contributed by atoms with Gasteiger partial charge in [0.1, 0.15) is 17.7 Å².